The average Bonchev–Trinajstić information content (AvgIpc) is 2.23. The number of nitro benzene ring substituents is 1. The van der Waals surface area contributed by atoms with Gasteiger partial charge in [0.2, 0.25) is 0 Å². The van der Waals surface area contributed by atoms with E-state index in [-0.39, 0.29) is 16.5 Å². The van der Waals surface area contributed by atoms with Crippen molar-refractivity contribution >= 4 is 28.1 Å². The van der Waals surface area contributed by atoms with E-state index in [2.05, 4.69) is 0 Å². The van der Waals surface area contributed by atoms with E-state index in [1.165, 1.54) is 24.3 Å². The lowest BCUT2D eigenvalue weighted by molar-refractivity contribution is -0.383. The molecular formula is C10H6ClNO3. The maximum atomic E-state index is 10.7. The molecule has 0 atom stereocenters. The molecule has 0 amide bonds. The average molecular weight is 224 g/mol. The van der Waals surface area contributed by atoms with Crippen molar-refractivity contribution in [2.45, 2.75) is 0 Å². The smallest absolute Gasteiger partial charge is 0.277 e. The van der Waals surface area contributed by atoms with Crippen molar-refractivity contribution < 1.29 is 10.0 Å². The third kappa shape index (κ3) is 1.49. The molecule has 0 aliphatic heterocycles. The van der Waals surface area contributed by atoms with Crippen molar-refractivity contribution in [1.29, 1.82) is 0 Å². The van der Waals surface area contributed by atoms with Crippen LogP contribution in [-0.2, 0) is 0 Å². The topological polar surface area (TPSA) is 63.4 Å². The Hall–Kier alpha value is -1.81. The van der Waals surface area contributed by atoms with Crippen LogP contribution in [0.5, 0.6) is 5.75 Å². The summed E-state index contributed by atoms with van der Waals surface area (Å²) >= 11 is 5.70. The Labute approximate surface area is 89.9 Å². The molecule has 0 saturated heterocycles. The summed E-state index contributed by atoms with van der Waals surface area (Å²) in [6.45, 7) is 0. The van der Waals surface area contributed by atoms with Gasteiger partial charge in [-0.3, -0.25) is 10.1 Å². The van der Waals surface area contributed by atoms with Crippen LogP contribution in [0.2, 0.25) is 5.02 Å². The molecule has 0 bridgehead atoms. The first-order valence-corrected chi connectivity index (χ1v) is 4.53. The minimum atomic E-state index is -0.490. The monoisotopic (exact) mass is 223 g/mol. The fourth-order valence-corrected chi connectivity index (χ4v) is 1.62. The number of nitrogens with zero attached hydrogens (tertiary/aromatic N) is 1. The van der Waals surface area contributed by atoms with Gasteiger partial charge in [-0.25, -0.2) is 0 Å². The van der Waals surface area contributed by atoms with Crippen LogP contribution in [0.15, 0.2) is 30.3 Å². The standard InChI is InChI=1S/C10H6ClNO3/c11-8-5-4-6-7(10(8)13)2-1-3-9(6)12(14)15/h1-5,13H. The van der Waals surface area contributed by atoms with Gasteiger partial charge in [-0.05, 0) is 12.1 Å². The van der Waals surface area contributed by atoms with Crippen molar-refractivity contribution in [3.8, 4) is 5.75 Å². The Balaban J connectivity index is 2.89. The van der Waals surface area contributed by atoms with E-state index in [1.807, 2.05) is 0 Å². The summed E-state index contributed by atoms with van der Waals surface area (Å²) in [5, 5.41) is 21.3. The summed E-state index contributed by atoms with van der Waals surface area (Å²) in [5.74, 6) is -0.127. The van der Waals surface area contributed by atoms with E-state index in [0.29, 0.717) is 10.8 Å². The maximum absolute atomic E-state index is 10.7. The van der Waals surface area contributed by atoms with Crippen LogP contribution in [-0.4, -0.2) is 10.0 Å². The first-order valence-electron chi connectivity index (χ1n) is 4.16. The normalized spacial score (nSPS) is 10.5. The molecule has 1 N–H and O–H groups in total. The molecule has 0 saturated carbocycles. The molecule has 0 heterocycles. The second kappa shape index (κ2) is 3.40. The summed E-state index contributed by atoms with van der Waals surface area (Å²) < 4.78 is 0. The fraction of sp³-hybridized carbons (Fsp3) is 0. The summed E-state index contributed by atoms with van der Waals surface area (Å²) in [6, 6.07) is 7.44. The number of nitro groups is 1. The van der Waals surface area contributed by atoms with Gasteiger partial charge in [-0.15, -0.1) is 0 Å². The molecule has 0 radical (unpaired) electrons. The minimum Gasteiger partial charge on any atom is -0.506 e. The van der Waals surface area contributed by atoms with Gasteiger partial charge in [0.15, 0.2) is 0 Å². The maximum Gasteiger partial charge on any atom is 0.277 e. The van der Waals surface area contributed by atoms with E-state index in [4.69, 9.17) is 11.6 Å². The van der Waals surface area contributed by atoms with Crippen LogP contribution in [0.25, 0.3) is 10.8 Å². The number of benzene rings is 2. The van der Waals surface area contributed by atoms with Gasteiger partial charge in [0.1, 0.15) is 5.75 Å². The fourth-order valence-electron chi connectivity index (χ4n) is 1.46. The van der Waals surface area contributed by atoms with Crippen LogP contribution in [0.1, 0.15) is 0 Å². The molecule has 0 spiro atoms. The molecule has 15 heavy (non-hydrogen) atoms. The second-order valence-corrected chi connectivity index (χ2v) is 3.43. The van der Waals surface area contributed by atoms with Gasteiger partial charge in [0.25, 0.3) is 5.69 Å². The van der Waals surface area contributed by atoms with E-state index in [1.54, 1.807) is 6.07 Å². The van der Waals surface area contributed by atoms with Crippen molar-refractivity contribution in [2.75, 3.05) is 0 Å². The third-order valence-electron chi connectivity index (χ3n) is 2.16. The highest BCUT2D eigenvalue weighted by Gasteiger charge is 2.14. The number of hydrogen-bond donors (Lipinski definition) is 1. The highest BCUT2D eigenvalue weighted by Crippen LogP contribution is 2.35. The van der Waals surface area contributed by atoms with Gasteiger partial charge >= 0.3 is 0 Å². The molecule has 2 aromatic carbocycles. The largest absolute Gasteiger partial charge is 0.506 e. The number of rotatable bonds is 1. The zero-order chi connectivity index (χ0) is 11.0. The van der Waals surface area contributed by atoms with Crippen molar-refractivity contribution in [3.63, 3.8) is 0 Å². The Morgan fingerprint density at radius 3 is 2.60 bits per heavy atom. The van der Waals surface area contributed by atoms with Crippen LogP contribution >= 0.6 is 11.6 Å². The molecule has 76 valence electrons. The molecule has 0 aliphatic rings. The van der Waals surface area contributed by atoms with Crippen LogP contribution in [0, 0.1) is 10.1 Å². The molecule has 0 aromatic heterocycles. The van der Waals surface area contributed by atoms with Crippen molar-refractivity contribution in [2.24, 2.45) is 0 Å². The molecule has 4 nitrogen and oxygen atoms in total. The van der Waals surface area contributed by atoms with Gasteiger partial charge in [-0.1, -0.05) is 23.7 Å². The second-order valence-electron chi connectivity index (χ2n) is 3.03. The predicted octanol–water partition coefficient (Wildman–Crippen LogP) is 3.11. The van der Waals surface area contributed by atoms with E-state index >= 15 is 0 Å². The van der Waals surface area contributed by atoms with Crippen molar-refractivity contribution in [1.82, 2.24) is 0 Å². The quantitative estimate of drug-likeness (QED) is 0.597. The van der Waals surface area contributed by atoms with E-state index in [9.17, 15) is 15.2 Å². The minimum absolute atomic E-state index is 0.0422. The van der Waals surface area contributed by atoms with Crippen LogP contribution < -0.4 is 0 Å². The number of phenolic OH excluding ortho intramolecular Hbond substituents is 1. The lowest BCUT2D eigenvalue weighted by Gasteiger charge is -2.02. The number of aromatic hydroxyl groups is 1. The highest BCUT2D eigenvalue weighted by atomic mass is 35.5. The molecular weight excluding hydrogens is 218 g/mol. The SMILES string of the molecule is O=[N+]([O-])c1cccc2c(O)c(Cl)ccc12. The molecule has 0 fully saturated rings. The Morgan fingerprint density at radius 2 is 1.93 bits per heavy atom. The van der Waals surface area contributed by atoms with Gasteiger partial charge < -0.3 is 5.11 Å². The lowest BCUT2D eigenvalue weighted by atomic mass is 10.1. The Kier molecular flexibility index (Phi) is 2.21. The zero-order valence-electron chi connectivity index (χ0n) is 7.48. The molecule has 2 aromatic rings. The summed E-state index contributed by atoms with van der Waals surface area (Å²) in [4.78, 5) is 10.2. The van der Waals surface area contributed by atoms with Gasteiger partial charge in [0.05, 0.1) is 15.3 Å². The Bertz CT molecular complexity index is 554. The van der Waals surface area contributed by atoms with Crippen LogP contribution in [0.4, 0.5) is 5.69 Å². The lowest BCUT2D eigenvalue weighted by Crippen LogP contribution is -1.89. The van der Waals surface area contributed by atoms with E-state index < -0.39 is 4.92 Å². The third-order valence-corrected chi connectivity index (χ3v) is 2.46. The van der Waals surface area contributed by atoms with Gasteiger partial charge in [0, 0.05) is 11.5 Å². The Morgan fingerprint density at radius 1 is 1.20 bits per heavy atom. The number of halogens is 1. The van der Waals surface area contributed by atoms with Crippen LogP contribution in [0.3, 0.4) is 0 Å². The summed E-state index contributed by atoms with van der Waals surface area (Å²) in [7, 11) is 0. The number of hydrogen-bond acceptors (Lipinski definition) is 3. The predicted molar refractivity (Wildman–Crippen MR) is 57.3 cm³/mol. The first kappa shape index (κ1) is 9.73. The first-order chi connectivity index (χ1) is 7.11. The highest BCUT2D eigenvalue weighted by molar-refractivity contribution is 6.33. The summed E-state index contributed by atoms with van der Waals surface area (Å²) in [6.07, 6.45) is 0. The molecule has 0 aliphatic carbocycles. The number of fused-ring (bicyclic) bond motifs is 1. The number of phenols is 1. The van der Waals surface area contributed by atoms with Gasteiger partial charge in [-0.2, -0.15) is 0 Å². The molecule has 2 rings (SSSR count). The summed E-state index contributed by atoms with van der Waals surface area (Å²) in [5.41, 5.74) is -0.0422. The van der Waals surface area contributed by atoms with Crippen molar-refractivity contribution in [3.05, 3.63) is 45.5 Å². The van der Waals surface area contributed by atoms with E-state index in [0.717, 1.165) is 0 Å². The molecule has 0 unspecified atom stereocenters. The zero-order valence-corrected chi connectivity index (χ0v) is 8.23. The number of non-ortho nitro benzene ring substituents is 1. The molecule has 5 heteroatoms.